The summed E-state index contributed by atoms with van der Waals surface area (Å²) in [5.74, 6) is 0.0855. The highest BCUT2D eigenvalue weighted by Crippen LogP contribution is 2.18. The molecule has 0 fully saturated rings. The topological polar surface area (TPSA) is 20.3 Å². The second-order valence-electron chi connectivity index (χ2n) is 5.07. The van der Waals surface area contributed by atoms with E-state index in [1.165, 1.54) is 5.56 Å². The highest BCUT2D eigenvalue weighted by molar-refractivity contribution is 6.20. The molecule has 0 aromatic heterocycles. The summed E-state index contributed by atoms with van der Waals surface area (Å²) in [5, 5.41) is 0.0976. The van der Waals surface area contributed by atoms with E-state index in [1.807, 2.05) is 34.7 Å². The predicted octanol–water partition coefficient (Wildman–Crippen LogP) is 3.70. The first-order valence-corrected chi connectivity index (χ1v) is 6.74. The minimum Gasteiger partial charge on any atom is -0.342 e. The van der Waals surface area contributed by atoms with Gasteiger partial charge in [-0.3, -0.25) is 4.79 Å². The number of carbonyl (C=O) groups is 1. The summed E-state index contributed by atoms with van der Waals surface area (Å²) < 4.78 is 0. The molecule has 100 valence electrons. The second kappa shape index (κ2) is 6.24. The maximum atomic E-state index is 12.4. The summed E-state index contributed by atoms with van der Waals surface area (Å²) in [7, 11) is 1.83. The van der Waals surface area contributed by atoms with E-state index < -0.39 is 0 Å². The van der Waals surface area contributed by atoms with Crippen LogP contribution in [0.3, 0.4) is 0 Å². The average Bonchev–Trinajstić information content (AvgIpc) is 2.24. The molecule has 1 atom stereocenters. The van der Waals surface area contributed by atoms with Crippen LogP contribution in [0, 0.1) is 20.8 Å². The smallest absolute Gasteiger partial charge is 0.254 e. The van der Waals surface area contributed by atoms with Gasteiger partial charge in [0.2, 0.25) is 0 Å². The lowest BCUT2D eigenvalue weighted by atomic mass is 9.99. The van der Waals surface area contributed by atoms with E-state index in [1.54, 1.807) is 4.90 Å². The van der Waals surface area contributed by atoms with Crippen molar-refractivity contribution in [3.8, 4) is 0 Å². The Bertz CT molecular complexity index is 417. The third-order valence-corrected chi connectivity index (χ3v) is 3.32. The Morgan fingerprint density at radius 3 is 2.22 bits per heavy atom. The van der Waals surface area contributed by atoms with Gasteiger partial charge < -0.3 is 4.90 Å². The van der Waals surface area contributed by atoms with Crippen LogP contribution in [0.15, 0.2) is 12.1 Å². The van der Waals surface area contributed by atoms with E-state index in [4.69, 9.17) is 11.6 Å². The fourth-order valence-corrected chi connectivity index (χ4v) is 2.28. The highest BCUT2D eigenvalue weighted by Gasteiger charge is 2.17. The van der Waals surface area contributed by atoms with Gasteiger partial charge in [0, 0.05) is 24.5 Å². The molecule has 0 saturated heterocycles. The molecule has 0 heterocycles. The Kier molecular flexibility index (Phi) is 5.21. The van der Waals surface area contributed by atoms with Gasteiger partial charge in [-0.25, -0.2) is 0 Å². The maximum absolute atomic E-state index is 12.4. The Hall–Kier alpha value is -1.02. The Labute approximate surface area is 115 Å². The number of aryl methyl sites for hydroxylation is 3. The van der Waals surface area contributed by atoms with Gasteiger partial charge in [0.25, 0.3) is 5.91 Å². The average molecular weight is 268 g/mol. The lowest BCUT2D eigenvalue weighted by molar-refractivity contribution is 0.0792. The normalized spacial score (nSPS) is 12.3. The first-order valence-electron chi connectivity index (χ1n) is 6.30. The molecule has 1 unspecified atom stereocenters. The molecule has 0 radical (unpaired) electrons. The van der Waals surface area contributed by atoms with Crippen LogP contribution < -0.4 is 0 Å². The van der Waals surface area contributed by atoms with Gasteiger partial charge in [-0.2, -0.15) is 0 Å². The molecule has 1 rings (SSSR count). The van der Waals surface area contributed by atoms with Crippen LogP contribution in [0.25, 0.3) is 0 Å². The van der Waals surface area contributed by atoms with Crippen molar-refractivity contribution in [2.75, 3.05) is 13.6 Å². The predicted molar refractivity (Wildman–Crippen MR) is 77.5 cm³/mol. The summed E-state index contributed by atoms with van der Waals surface area (Å²) in [6, 6.07) is 4.11. The summed E-state index contributed by atoms with van der Waals surface area (Å²) in [6.45, 7) is 8.67. The minimum absolute atomic E-state index is 0.0855. The zero-order valence-electron chi connectivity index (χ0n) is 11.9. The van der Waals surface area contributed by atoms with Crippen LogP contribution in [0.2, 0.25) is 0 Å². The number of hydrogen-bond donors (Lipinski definition) is 0. The minimum atomic E-state index is 0.0855. The van der Waals surface area contributed by atoms with E-state index in [0.717, 1.165) is 23.1 Å². The van der Waals surface area contributed by atoms with Gasteiger partial charge in [-0.05, 0) is 45.2 Å². The quantitative estimate of drug-likeness (QED) is 0.762. The zero-order valence-corrected chi connectivity index (χ0v) is 12.6. The molecule has 0 saturated carbocycles. The summed E-state index contributed by atoms with van der Waals surface area (Å²) >= 11 is 5.92. The summed E-state index contributed by atoms with van der Waals surface area (Å²) in [5.41, 5.74) is 4.11. The molecule has 0 aliphatic carbocycles. The van der Waals surface area contributed by atoms with E-state index in [0.29, 0.717) is 6.54 Å². The molecule has 0 N–H and O–H groups in total. The third-order valence-electron chi connectivity index (χ3n) is 3.10. The molecule has 1 aromatic carbocycles. The van der Waals surface area contributed by atoms with Crippen molar-refractivity contribution in [3.63, 3.8) is 0 Å². The standard InChI is InChI=1S/C15H22ClNO/c1-10-8-11(2)14(12(3)9-10)15(18)17(5)7-6-13(4)16/h8-9,13H,6-7H2,1-5H3. The van der Waals surface area contributed by atoms with E-state index >= 15 is 0 Å². The second-order valence-corrected chi connectivity index (χ2v) is 5.81. The fourth-order valence-electron chi connectivity index (χ4n) is 2.18. The Morgan fingerprint density at radius 2 is 1.78 bits per heavy atom. The van der Waals surface area contributed by atoms with Crippen LogP contribution in [-0.2, 0) is 0 Å². The molecule has 2 nitrogen and oxygen atoms in total. The summed E-state index contributed by atoms with van der Waals surface area (Å²) in [4.78, 5) is 14.1. The number of hydrogen-bond acceptors (Lipinski definition) is 1. The van der Waals surface area contributed by atoms with Crippen molar-refractivity contribution in [2.24, 2.45) is 0 Å². The van der Waals surface area contributed by atoms with Crippen molar-refractivity contribution in [2.45, 2.75) is 39.5 Å². The molecule has 1 aromatic rings. The lowest BCUT2D eigenvalue weighted by Crippen LogP contribution is -2.30. The number of carbonyl (C=O) groups excluding carboxylic acids is 1. The Balaban J connectivity index is 2.90. The first kappa shape index (κ1) is 15.0. The van der Waals surface area contributed by atoms with Crippen molar-refractivity contribution in [1.82, 2.24) is 4.90 Å². The fraction of sp³-hybridized carbons (Fsp3) is 0.533. The number of alkyl halides is 1. The number of rotatable bonds is 4. The van der Waals surface area contributed by atoms with Crippen molar-refractivity contribution < 1.29 is 4.79 Å². The summed E-state index contributed by atoms with van der Waals surface area (Å²) in [6.07, 6.45) is 0.813. The molecule has 1 amide bonds. The molecular weight excluding hydrogens is 246 g/mol. The SMILES string of the molecule is Cc1cc(C)c(C(=O)N(C)CCC(C)Cl)c(C)c1. The lowest BCUT2D eigenvalue weighted by Gasteiger charge is -2.20. The van der Waals surface area contributed by atoms with Crippen LogP contribution in [0.5, 0.6) is 0 Å². The number of benzene rings is 1. The van der Waals surface area contributed by atoms with Gasteiger partial charge in [0.15, 0.2) is 0 Å². The van der Waals surface area contributed by atoms with Crippen LogP contribution in [0.4, 0.5) is 0 Å². The molecule has 0 bridgehead atoms. The van der Waals surface area contributed by atoms with E-state index in [-0.39, 0.29) is 11.3 Å². The molecule has 0 aliphatic heterocycles. The molecule has 0 spiro atoms. The Morgan fingerprint density at radius 1 is 1.28 bits per heavy atom. The number of amides is 1. The van der Waals surface area contributed by atoms with Gasteiger partial charge >= 0.3 is 0 Å². The zero-order chi connectivity index (χ0) is 13.9. The van der Waals surface area contributed by atoms with Crippen LogP contribution >= 0.6 is 11.6 Å². The van der Waals surface area contributed by atoms with Crippen molar-refractivity contribution in [1.29, 1.82) is 0 Å². The molecule has 3 heteroatoms. The molecule has 18 heavy (non-hydrogen) atoms. The number of halogens is 1. The van der Waals surface area contributed by atoms with Crippen molar-refractivity contribution in [3.05, 3.63) is 34.4 Å². The highest BCUT2D eigenvalue weighted by atomic mass is 35.5. The van der Waals surface area contributed by atoms with Crippen molar-refractivity contribution >= 4 is 17.5 Å². The van der Waals surface area contributed by atoms with Crippen LogP contribution in [0.1, 0.15) is 40.4 Å². The van der Waals surface area contributed by atoms with Crippen LogP contribution in [-0.4, -0.2) is 29.8 Å². The largest absolute Gasteiger partial charge is 0.342 e. The first-order chi connectivity index (χ1) is 8.32. The van der Waals surface area contributed by atoms with E-state index in [2.05, 4.69) is 12.1 Å². The molecule has 0 aliphatic rings. The van der Waals surface area contributed by atoms with Gasteiger partial charge in [0.05, 0.1) is 0 Å². The monoisotopic (exact) mass is 267 g/mol. The van der Waals surface area contributed by atoms with Gasteiger partial charge in [-0.15, -0.1) is 11.6 Å². The van der Waals surface area contributed by atoms with Gasteiger partial charge in [0.1, 0.15) is 0 Å². The van der Waals surface area contributed by atoms with E-state index in [9.17, 15) is 4.79 Å². The maximum Gasteiger partial charge on any atom is 0.254 e. The van der Waals surface area contributed by atoms with Gasteiger partial charge in [-0.1, -0.05) is 17.7 Å². The number of nitrogens with zero attached hydrogens (tertiary/aromatic N) is 1. The third kappa shape index (κ3) is 3.74. The molecular formula is C15H22ClNO.